The molecule has 0 saturated carbocycles. The summed E-state index contributed by atoms with van der Waals surface area (Å²) in [6, 6.07) is 7.29. The van der Waals surface area contributed by atoms with Crippen LogP contribution in [0.3, 0.4) is 0 Å². The molecule has 1 aromatic carbocycles. The van der Waals surface area contributed by atoms with Crippen LogP contribution in [-0.4, -0.2) is 49.1 Å². The van der Waals surface area contributed by atoms with Crippen LogP contribution in [-0.2, 0) is 6.42 Å². The average molecular weight is 324 g/mol. The molecule has 5 heteroatoms. The number of halogens is 1. The number of nitrogens with zero attached hydrogens (tertiary/aromatic N) is 2. The van der Waals surface area contributed by atoms with Gasteiger partial charge in [-0.25, -0.2) is 0 Å². The fourth-order valence-electron chi connectivity index (χ4n) is 3.68. The molecule has 1 amide bonds. The van der Waals surface area contributed by atoms with Gasteiger partial charge in [0.25, 0.3) is 5.91 Å². The van der Waals surface area contributed by atoms with Crippen LogP contribution in [0.2, 0.25) is 0 Å². The normalized spacial score (nSPS) is 22.6. The number of fused-ring (bicyclic) bond motifs is 3. The third-order valence-electron chi connectivity index (χ3n) is 4.80. The number of carbonyl (C=O) groups excluding carboxylic acids is 1. The van der Waals surface area contributed by atoms with E-state index in [4.69, 9.17) is 0 Å². The fraction of sp³-hybridized carbons (Fsp3) is 0.588. The van der Waals surface area contributed by atoms with Gasteiger partial charge < -0.3 is 15.1 Å². The van der Waals surface area contributed by atoms with Crippen LogP contribution in [0, 0.1) is 0 Å². The summed E-state index contributed by atoms with van der Waals surface area (Å²) in [6.45, 7) is 9.90. The van der Waals surface area contributed by atoms with Gasteiger partial charge in [0, 0.05) is 49.5 Å². The Kier molecular flexibility index (Phi) is 5.35. The van der Waals surface area contributed by atoms with E-state index >= 15 is 0 Å². The minimum atomic E-state index is 0. The summed E-state index contributed by atoms with van der Waals surface area (Å²) in [7, 11) is 0. The molecule has 1 N–H and O–H groups in total. The van der Waals surface area contributed by atoms with Gasteiger partial charge in [-0.2, -0.15) is 0 Å². The number of hydrogen-bond donors (Lipinski definition) is 1. The van der Waals surface area contributed by atoms with Gasteiger partial charge in [-0.1, -0.05) is 6.07 Å². The third kappa shape index (κ3) is 2.82. The van der Waals surface area contributed by atoms with E-state index in [1.54, 1.807) is 0 Å². The van der Waals surface area contributed by atoms with E-state index in [1.807, 2.05) is 24.8 Å². The minimum absolute atomic E-state index is 0. The molecule has 0 unspecified atom stereocenters. The van der Waals surface area contributed by atoms with Crippen molar-refractivity contribution < 1.29 is 4.79 Å². The highest BCUT2D eigenvalue weighted by Crippen LogP contribution is 2.35. The monoisotopic (exact) mass is 323 g/mol. The maximum absolute atomic E-state index is 12.5. The molecule has 2 aliphatic rings. The van der Waals surface area contributed by atoms with Crippen molar-refractivity contribution >= 4 is 24.0 Å². The zero-order valence-corrected chi connectivity index (χ0v) is 14.4. The molecule has 0 bridgehead atoms. The maximum atomic E-state index is 12.5. The van der Waals surface area contributed by atoms with Crippen molar-refractivity contribution in [1.29, 1.82) is 0 Å². The van der Waals surface area contributed by atoms with E-state index in [0.29, 0.717) is 12.1 Å². The van der Waals surface area contributed by atoms with Crippen LogP contribution in [0.25, 0.3) is 0 Å². The van der Waals surface area contributed by atoms with Gasteiger partial charge >= 0.3 is 0 Å². The number of rotatable bonds is 3. The predicted octanol–water partition coefficient (Wildman–Crippen LogP) is 2.31. The molecule has 0 radical (unpaired) electrons. The van der Waals surface area contributed by atoms with Gasteiger partial charge in [0.15, 0.2) is 0 Å². The average Bonchev–Trinajstić information content (AvgIpc) is 2.87. The zero-order valence-electron chi connectivity index (χ0n) is 13.6. The molecule has 2 atom stereocenters. The van der Waals surface area contributed by atoms with Crippen molar-refractivity contribution in [3.05, 3.63) is 29.3 Å². The van der Waals surface area contributed by atoms with Crippen LogP contribution >= 0.6 is 12.4 Å². The molecule has 1 aromatic rings. The Bertz CT molecular complexity index is 545. The lowest BCUT2D eigenvalue weighted by molar-refractivity contribution is 0.0773. The van der Waals surface area contributed by atoms with Crippen LogP contribution in [0.15, 0.2) is 18.2 Å². The molecule has 4 nitrogen and oxygen atoms in total. The standard InChI is InChI=1S/C17H25N3O.ClH/c1-4-19(5-2)17(21)14-7-6-13-8-15-11-18-10-12(3)20(15)16(13)9-14;/h6-7,9,12,15,18H,4-5,8,10-11H2,1-3H3;1H/t12-,15-;/m1./s1. The third-order valence-corrected chi connectivity index (χ3v) is 4.80. The molecule has 0 aliphatic carbocycles. The van der Waals surface area contributed by atoms with Crippen LogP contribution in [0.1, 0.15) is 36.7 Å². The van der Waals surface area contributed by atoms with Crippen molar-refractivity contribution in [2.45, 2.75) is 39.3 Å². The smallest absolute Gasteiger partial charge is 0.253 e. The lowest BCUT2D eigenvalue weighted by Crippen LogP contribution is -2.54. The van der Waals surface area contributed by atoms with Crippen LogP contribution in [0.4, 0.5) is 5.69 Å². The first-order valence-corrected chi connectivity index (χ1v) is 8.07. The lowest BCUT2D eigenvalue weighted by atomic mass is 10.1. The Labute approximate surface area is 139 Å². The molecule has 0 spiro atoms. The highest BCUT2D eigenvalue weighted by Gasteiger charge is 2.35. The van der Waals surface area contributed by atoms with E-state index in [0.717, 1.165) is 38.2 Å². The summed E-state index contributed by atoms with van der Waals surface area (Å²) in [6.07, 6.45) is 1.09. The van der Waals surface area contributed by atoms with Gasteiger partial charge in [-0.3, -0.25) is 4.79 Å². The molecule has 3 rings (SSSR count). The Hall–Kier alpha value is -1.26. The molecule has 2 aliphatic heterocycles. The summed E-state index contributed by atoms with van der Waals surface area (Å²) in [5.41, 5.74) is 3.47. The summed E-state index contributed by atoms with van der Waals surface area (Å²) in [4.78, 5) is 16.9. The summed E-state index contributed by atoms with van der Waals surface area (Å²) in [5, 5.41) is 3.50. The summed E-state index contributed by atoms with van der Waals surface area (Å²) >= 11 is 0. The van der Waals surface area contributed by atoms with E-state index in [9.17, 15) is 4.79 Å². The van der Waals surface area contributed by atoms with Gasteiger partial charge in [0.05, 0.1) is 0 Å². The van der Waals surface area contributed by atoms with E-state index in [-0.39, 0.29) is 18.3 Å². The van der Waals surface area contributed by atoms with Crippen molar-refractivity contribution in [3.8, 4) is 0 Å². The summed E-state index contributed by atoms with van der Waals surface area (Å²) in [5.74, 6) is 0.147. The Morgan fingerprint density at radius 2 is 2.05 bits per heavy atom. The number of nitrogens with one attached hydrogen (secondary N) is 1. The number of carbonyl (C=O) groups is 1. The number of benzene rings is 1. The lowest BCUT2D eigenvalue weighted by Gasteiger charge is -2.38. The fourth-order valence-corrected chi connectivity index (χ4v) is 3.68. The Balaban J connectivity index is 0.00000176. The second kappa shape index (κ2) is 6.88. The van der Waals surface area contributed by atoms with Crippen LogP contribution < -0.4 is 10.2 Å². The minimum Gasteiger partial charge on any atom is -0.363 e. The Morgan fingerprint density at radius 3 is 2.73 bits per heavy atom. The van der Waals surface area contributed by atoms with Crippen molar-refractivity contribution in [3.63, 3.8) is 0 Å². The molecular formula is C17H26ClN3O. The molecule has 1 saturated heterocycles. The van der Waals surface area contributed by atoms with Crippen LogP contribution in [0.5, 0.6) is 0 Å². The van der Waals surface area contributed by atoms with Crippen molar-refractivity contribution in [2.24, 2.45) is 0 Å². The Morgan fingerprint density at radius 1 is 1.32 bits per heavy atom. The SMILES string of the molecule is CCN(CC)C(=O)c1ccc2c(c1)N1[C@@H](CNC[C@H]1C)C2.Cl. The number of amides is 1. The molecule has 0 aromatic heterocycles. The van der Waals surface area contributed by atoms with Crippen molar-refractivity contribution in [2.75, 3.05) is 31.1 Å². The molecular weight excluding hydrogens is 298 g/mol. The highest BCUT2D eigenvalue weighted by atomic mass is 35.5. The first-order chi connectivity index (χ1) is 10.2. The molecule has 22 heavy (non-hydrogen) atoms. The largest absolute Gasteiger partial charge is 0.363 e. The second-order valence-corrected chi connectivity index (χ2v) is 6.09. The summed E-state index contributed by atoms with van der Waals surface area (Å²) < 4.78 is 0. The molecule has 2 heterocycles. The molecule has 122 valence electrons. The maximum Gasteiger partial charge on any atom is 0.253 e. The van der Waals surface area contributed by atoms with E-state index in [2.05, 4.69) is 29.3 Å². The first kappa shape index (κ1) is 17.1. The zero-order chi connectivity index (χ0) is 15.0. The molecule has 1 fully saturated rings. The number of anilines is 1. The van der Waals surface area contributed by atoms with E-state index in [1.165, 1.54) is 11.3 Å². The van der Waals surface area contributed by atoms with Crippen molar-refractivity contribution in [1.82, 2.24) is 10.2 Å². The second-order valence-electron chi connectivity index (χ2n) is 6.09. The first-order valence-electron chi connectivity index (χ1n) is 8.07. The van der Waals surface area contributed by atoms with Gasteiger partial charge in [-0.05, 0) is 44.9 Å². The highest BCUT2D eigenvalue weighted by molar-refractivity contribution is 5.95. The van der Waals surface area contributed by atoms with Gasteiger partial charge in [-0.15, -0.1) is 12.4 Å². The van der Waals surface area contributed by atoms with E-state index < -0.39 is 0 Å². The van der Waals surface area contributed by atoms with Gasteiger partial charge in [0.1, 0.15) is 0 Å². The number of piperazine rings is 1. The van der Waals surface area contributed by atoms with Gasteiger partial charge in [0.2, 0.25) is 0 Å². The number of hydrogen-bond acceptors (Lipinski definition) is 3. The predicted molar refractivity (Wildman–Crippen MR) is 93.2 cm³/mol. The topological polar surface area (TPSA) is 35.6 Å². The quantitative estimate of drug-likeness (QED) is 0.927.